The molecule has 1 N–H and O–H groups in total. The molecule has 0 aliphatic rings. The number of nitrogens with one attached hydrogen (secondary N) is 1. The summed E-state index contributed by atoms with van der Waals surface area (Å²) < 4.78 is 1.08. The van der Waals surface area contributed by atoms with E-state index < -0.39 is 0 Å². The van der Waals surface area contributed by atoms with E-state index in [2.05, 4.69) is 27.4 Å². The number of aryl methyl sites for hydroxylation is 1. The number of anilines is 2. The molecule has 3 rings (SSSR count). The molecule has 0 spiro atoms. The molecule has 0 bridgehead atoms. The Morgan fingerprint density at radius 2 is 1.95 bits per heavy atom. The summed E-state index contributed by atoms with van der Waals surface area (Å²) in [4.78, 5) is 8.53. The first-order chi connectivity index (χ1) is 9.36. The molecule has 0 atom stereocenters. The van der Waals surface area contributed by atoms with E-state index >= 15 is 0 Å². The second-order valence-corrected chi connectivity index (χ2v) is 5.41. The van der Waals surface area contributed by atoms with Gasteiger partial charge in [-0.2, -0.15) is 0 Å². The lowest BCUT2D eigenvalue weighted by atomic mass is 10.1. The standard InChI is InChI=1S/C14H12ClN3S/c15-7-5-10-1-3-11(4-2-10)18-14-13-12(6-8-19-13)16-9-17-14/h1-4,6,8-9H,5,7H2,(H,16,17,18). The van der Waals surface area contributed by atoms with Gasteiger partial charge in [0.2, 0.25) is 0 Å². The molecule has 0 amide bonds. The number of fused-ring (bicyclic) bond motifs is 1. The third-order valence-corrected chi connectivity index (χ3v) is 3.94. The van der Waals surface area contributed by atoms with Crippen molar-refractivity contribution in [3.63, 3.8) is 0 Å². The molecule has 19 heavy (non-hydrogen) atoms. The molecule has 2 heterocycles. The van der Waals surface area contributed by atoms with Gasteiger partial charge in [0.1, 0.15) is 6.33 Å². The monoisotopic (exact) mass is 289 g/mol. The van der Waals surface area contributed by atoms with Crippen molar-refractivity contribution >= 4 is 44.7 Å². The summed E-state index contributed by atoms with van der Waals surface area (Å²) in [6.45, 7) is 0. The lowest BCUT2D eigenvalue weighted by Crippen LogP contribution is -1.95. The molecular weight excluding hydrogens is 278 g/mol. The predicted molar refractivity (Wildman–Crippen MR) is 81.6 cm³/mol. The summed E-state index contributed by atoms with van der Waals surface area (Å²) in [5.41, 5.74) is 3.23. The zero-order valence-corrected chi connectivity index (χ0v) is 11.7. The van der Waals surface area contributed by atoms with Gasteiger partial charge in [-0.25, -0.2) is 9.97 Å². The van der Waals surface area contributed by atoms with Gasteiger partial charge in [-0.15, -0.1) is 22.9 Å². The number of benzene rings is 1. The number of nitrogens with zero attached hydrogens (tertiary/aromatic N) is 2. The van der Waals surface area contributed by atoms with Gasteiger partial charge < -0.3 is 5.32 Å². The topological polar surface area (TPSA) is 37.8 Å². The number of rotatable bonds is 4. The highest BCUT2D eigenvalue weighted by Gasteiger charge is 2.05. The van der Waals surface area contributed by atoms with Gasteiger partial charge in [-0.1, -0.05) is 12.1 Å². The molecular formula is C14H12ClN3S. The highest BCUT2D eigenvalue weighted by atomic mass is 35.5. The highest BCUT2D eigenvalue weighted by Crippen LogP contribution is 2.27. The Morgan fingerprint density at radius 3 is 2.74 bits per heavy atom. The number of alkyl halides is 1. The fraction of sp³-hybridized carbons (Fsp3) is 0.143. The van der Waals surface area contributed by atoms with Crippen molar-refractivity contribution in [2.75, 3.05) is 11.2 Å². The van der Waals surface area contributed by atoms with Crippen molar-refractivity contribution in [3.8, 4) is 0 Å². The predicted octanol–water partition coefficient (Wildman–Crippen LogP) is 4.22. The smallest absolute Gasteiger partial charge is 0.151 e. The molecule has 0 saturated carbocycles. The summed E-state index contributed by atoms with van der Waals surface area (Å²) >= 11 is 7.37. The van der Waals surface area contributed by atoms with Crippen LogP contribution in [0.25, 0.3) is 10.2 Å². The average molecular weight is 290 g/mol. The van der Waals surface area contributed by atoms with Crippen LogP contribution in [-0.4, -0.2) is 15.8 Å². The van der Waals surface area contributed by atoms with Gasteiger partial charge in [-0.3, -0.25) is 0 Å². The van der Waals surface area contributed by atoms with Gasteiger partial charge in [0.15, 0.2) is 5.82 Å². The first-order valence-corrected chi connectivity index (χ1v) is 7.38. The molecule has 96 valence electrons. The Morgan fingerprint density at radius 1 is 1.11 bits per heavy atom. The van der Waals surface area contributed by atoms with Crippen LogP contribution < -0.4 is 5.32 Å². The van der Waals surface area contributed by atoms with Gasteiger partial charge in [0.25, 0.3) is 0 Å². The fourth-order valence-corrected chi connectivity index (χ4v) is 2.89. The molecule has 3 nitrogen and oxygen atoms in total. The van der Waals surface area contributed by atoms with Crippen molar-refractivity contribution in [2.24, 2.45) is 0 Å². The summed E-state index contributed by atoms with van der Waals surface area (Å²) in [5, 5.41) is 5.35. The molecule has 3 aromatic rings. The summed E-state index contributed by atoms with van der Waals surface area (Å²) in [6, 6.07) is 10.2. The highest BCUT2D eigenvalue weighted by molar-refractivity contribution is 7.17. The number of hydrogen-bond acceptors (Lipinski definition) is 4. The van der Waals surface area contributed by atoms with Gasteiger partial charge >= 0.3 is 0 Å². The zero-order chi connectivity index (χ0) is 13.1. The molecule has 0 radical (unpaired) electrons. The molecule has 1 aromatic carbocycles. The first-order valence-electron chi connectivity index (χ1n) is 5.97. The van der Waals surface area contributed by atoms with Crippen LogP contribution in [0.1, 0.15) is 5.56 Å². The van der Waals surface area contributed by atoms with Gasteiger partial charge in [0, 0.05) is 11.6 Å². The Hall–Kier alpha value is -1.65. The van der Waals surface area contributed by atoms with Crippen molar-refractivity contribution < 1.29 is 0 Å². The maximum absolute atomic E-state index is 5.73. The molecule has 5 heteroatoms. The Bertz CT molecular complexity index is 678. The average Bonchev–Trinajstić information content (AvgIpc) is 2.91. The maximum Gasteiger partial charge on any atom is 0.151 e. The molecule has 0 saturated heterocycles. The van der Waals surface area contributed by atoms with E-state index in [-0.39, 0.29) is 0 Å². The fourth-order valence-electron chi connectivity index (χ4n) is 1.88. The summed E-state index contributed by atoms with van der Waals surface area (Å²) in [6.07, 6.45) is 2.48. The van der Waals surface area contributed by atoms with Crippen LogP contribution in [0, 0.1) is 0 Å². The maximum atomic E-state index is 5.73. The van der Waals surface area contributed by atoms with Crippen molar-refractivity contribution in [1.82, 2.24) is 9.97 Å². The van der Waals surface area contributed by atoms with Crippen molar-refractivity contribution in [1.29, 1.82) is 0 Å². The Labute approximate surface area is 120 Å². The normalized spacial score (nSPS) is 10.8. The number of aromatic nitrogens is 2. The quantitative estimate of drug-likeness (QED) is 0.731. The third kappa shape index (κ3) is 2.69. The van der Waals surface area contributed by atoms with Crippen LogP contribution in [-0.2, 0) is 6.42 Å². The van der Waals surface area contributed by atoms with E-state index in [1.807, 2.05) is 23.6 Å². The molecule has 0 fully saturated rings. The number of thiophene rings is 1. The van der Waals surface area contributed by atoms with Crippen molar-refractivity contribution in [2.45, 2.75) is 6.42 Å². The number of hydrogen-bond donors (Lipinski definition) is 1. The Balaban J connectivity index is 1.86. The van der Waals surface area contributed by atoms with E-state index in [1.54, 1.807) is 17.7 Å². The van der Waals surface area contributed by atoms with E-state index in [1.165, 1.54) is 5.56 Å². The van der Waals surface area contributed by atoms with Crippen LogP contribution in [0.2, 0.25) is 0 Å². The SMILES string of the molecule is ClCCc1ccc(Nc2ncnc3ccsc23)cc1. The van der Waals surface area contributed by atoms with Gasteiger partial charge in [-0.05, 0) is 35.6 Å². The lowest BCUT2D eigenvalue weighted by Gasteiger charge is -2.07. The van der Waals surface area contributed by atoms with E-state index in [0.29, 0.717) is 5.88 Å². The molecule has 0 aliphatic carbocycles. The van der Waals surface area contributed by atoms with E-state index in [0.717, 1.165) is 28.1 Å². The minimum Gasteiger partial charge on any atom is -0.339 e. The summed E-state index contributed by atoms with van der Waals surface area (Å²) in [5.74, 6) is 1.50. The lowest BCUT2D eigenvalue weighted by molar-refractivity contribution is 1.15. The number of halogens is 1. The van der Waals surface area contributed by atoms with Gasteiger partial charge in [0.05, 0.1) is 10.2 Å². The second-order valence-electron chi connectivity index (χ2n) is 4.12. The molecule has 0 aliphatic heterocycles. The summed E-state index contributed by atoms with van der Waals surface area (Å²) in [7, 11) is 0. The zero-order valence-electron chi connectivity index (χ0n) is 10.1. The minimum atomic E-state index is 0.647. The Kier molecular flexibility index (Phi) is 3.62. The minimum absolute atomic E-state index is 0.647. The largest absolute Gasteiger partial charge is 0.339 e. The van der Waals surface area contributed by atoms with E-state index in [9.17, 15) is 0 Å². The first kappa shape index (κ1) is 12.4. The van der Waals surface area contributed by atoms with Crippen LogP contribution in [0.4, 0.5) is 11.5 Å². The molecule has 2 aromatic heterocycles. The van der Waals surface area contributed by atoms with Crippen molar-refractivity contribution in [3.05, 3.63) is 47.6 Å². The van der Waals surface area contributed by atoms with Crippen LogP contribution in [0.15, 0.2) is 42.0 Å². The van der Waals surface area contributed by atoms with E-state index in [4.69, 9.17) is 11.6 Å². The third-order valence-electron chi connectivity index (χ3n) is 2.84. The van der Waals surface area contributed by atoms with Crippen LogP contribution >= 0.6 is 22.9 Å². The second kappa shape index (κ2) is 5.55. The van der Waals surface area contributed by atoms with Crippen LogP contribution in [0.3, 0.4) is 0 Å². The molecule has 0 unspecified atom stereocenters. The van der Waals surface area contributed by atoms with Crippen LogP contribution in [0.5, 0.6) is 0 Å².